The van der Waals surface area contributed by atoms with E-state index in [1.54, 1.807) is 60.7 Å². The fraction of sp³-hybridized carbons (Fsp3) is 0.355. The van der Waals surface area contributed by atoms with Crippen LogP contribution in [-0.4, -0.2) is 65.7 Å². The average molecular weight is 1700 g/mol. The molecule has 6 aromatic rings. The Bertz CT molecular complexity index is 2800. The van der Waals surface area contributed by atoms with Gasteiger partial charge in [0.25, 0.3) is 0 Å². The van der Waals surface area contributed by atoms with Crippen LogP contribution in [0.25, 0.3) is 66.3 Å². The minimum absolute atomic E-state index is 0. The molecule has 0 unspecified atom stereocenters. The molecule has 2 heterocycles. The van der Waals surface area contributed by atoms with Gasteiger partial charge in [-0.15, -0.1) is 39.3 Å². The molecule has 100 heavy (non-hydrogen) atoms. The standard InChI is InChI=1S/2C23H24N6.2C4H8O.4C2H3N.2F6P.6Fe/c2*1-23(14-27-20-11-5-2-8-17(20)24,15-28-21-12-6-3-9-18(21)25)16-29-22-13-7-4-10-19(22)26;2*1-2-4-5-3-1;4*1-2-3;2*1-7(2,3,4,5)6;;;;;;/h2*2-13,24-26H,14-16H2,1H3;2*1-4H2;4*1H3;;;;;;;;/q2*-6;;;;;;;2*-1;4*+2;2*+3. The van der Waals surface area contributed by atoms with Crippen LogP contribution in [0.5, 0.6) is 0 Å². The number of rotatable bonds is 18. The number of nitrogens with one attached hydrogen (secondary N) is 6. The molecule has 0 atom stereocenters. The summed E-state index contributed by atoms with van der Waals surface area (Å²) in [5.74, 6) is 0. The van der Waals surface area contributed by atoms with Crippen LogP contribution in [0.15, 0.2) is 146 Å². The fourth-order valence-electron chi connectivity index (χ4n) is 6.65. The zero-order chi connectivity index (χ0) is 72.1. The van der Waals surface area contributed by atoms with E-state index in [2.05, 4.69) is 45.7 Å². The maximum absolute atomic E-state index is 10.7. The second-order valence-electron chi connectivity index (χ2n) is 20.1. The van der Waals surface area contributed by atoms with Crippen molar-refractivity contribution in [2.24, 2.45) is 10.8 Å². The van der Waals surface area contributed by atoms with E-state index in [-0.39, 0.29) is 102 Å². The van der Waals surface area contributed by atoms with Crippen molar-refractivity contribution < 1.29 is 162 Å². The van der Waals surface area contributed by atoms with Gasteiger partial charge in [-0.1, -0.05) is 170 Å². The van der Waals surface area contributed by atoms with Crippen molar-refractivity contribution in [3.8, 4) is 24.3 Å². The monoisotopic (exact) mass is 1700 g/mol. The molecule has 2 saturated heterocycles. The summed E-state index contributed by atoms with van der Waals surface area (Å²) in [6.07, 6.45) is 5.11. The van der Waals surface area contributed by atoms with Crippen molar-refractivity contribution in [3.63, 3.8) is 0 Å². The normalized spacial score (nSPS) is 12.4. The summed E-state index contributed by atoms with van der Waals surface area (Å²) < 4.78 is 128. The minimum atomic E-state index is -10.7. The topological polar surface area (TPSA) is 341 Å². The summed E-state index contributed by atoms with van der Waals surface area (Å²) in [5.41, 5.74) is 53.4. The molecule has 0 amide bonds. The number of halogens is 12. The van der Waals surface area contributed by atoms with Crippen molar-refractivity contribution in [3.05, 3.63) is 212 Å². The molecule has 0 bridgehead atoms. The molecule has 0 saturated carbocycles. The molecular weight excluding hydrogens is 1630 g/mol. The van der Waals surface area contributed by atoms with Gasteiger partial charge in [-0.25, -0.2) is 0 Å². The number of para-hydroxylation sites is 6. The number of nitriles is 4. The fourth-order valence-corrected chi connectivity index (χ4v) is 6.65. The third-order valence-corrected chi connectivity index (χ3v) is 10.9. The summed E-state index contributed by atoms with van der Waals surface area (Å²) in [4.78, 5) is 0. The average Bonchev–Trinajstić information content (AvgIpc) is 0.836. The van der Waals surface area contributed by atoms with Gasteiger partial charge in [0.05, 0.1) is 24.3 Å². The van der Waals surface area contributed by atoms with Crippen LogP contribution in [0.3, 0.4) is 0 Å². The Balaban J connectivity index is -0.000000182. The van der Waals surface area contributed by atoms with E-state index in [9.17, 15) is 50.4 Å². The second-order valence-corrected chi connectivity index (χ2v) is 23.9. The molecule has 2 aliphatic rings. The third-order valence-electron chi connectivity index (χ3n) is 10.9. The first-order valence-electron chi connectivity index (χ1n) is 27.9. The molecular formula is C62H76F12Fe6N16O2P2. The Kier molecular flexibility index (Phi) is 58.0. The summed E-state index contributed by atoms with van der Waals surface area (Å²) >= 11 is 0. The largest absolute Gasteiger partial charge is 3.00 e. The molecule has 0 aliphatic carbocycles. The van der Waals surface area contributed by atoms with Crippen LogP contribution >= 0.6 is 15.6 Å². The SMILES string of the molecule is C1CCOC1.C1CCOC1.CC#N.CC#N.CC#N.CC#N.CC(C[N-]c1ccccc1[NH-])(C[N-]c1ccccc1[NH-])C[N-]c1ccccc1[NH-].CC(C[N-]c1ccccc1[NH-])(C[N-]c1ccccc1[NH-])C[N-]c1ccccc1[NH-].F[P-](F)(F)(F)(F)F.F[P-](F)(F)(F)(F)F.[Fe+2].[Fe+2].[Fe+2].[Fe+2].[Fe+3].[Fe+3]. The molecule has 2 radical (unpaired) electrons. The first kappa shape index (κ1) is 110. The Labute approximate surface area is 642 Å². The van der Waals surface area contributed by atoms with Crippen LogP contribution in [0.2, 0.25) is 0 Å². The molecule has 6 N–H and O–H groups in total. The Morgan fingerprint density at radius 2 is 0.430 bits per heavy atom. The molecule has 558 valence electrons. The van der Waals surface area contributed by atoms with Gasteiger partial charge in [-0.2, -0.15) is 89.3 Å². The maximum Gasteiger partial charge on any atom is 3.00 e. The summed E-state index contributed by atoms with van der Waals surface area (Å²) in [6, 6.07) is 50.4. The zero-order valence-electron chi connectivity index (χ0n) is 54.6. The minimum Gasteiger partial charge on any atom is 2.00 e. The zero-order valence-corrected chi connectivity index (χ0v) is 63.0. The van der Waals surface area contributed by atoms with Gasteiger partial charge in [0.1, 0.15) is 0 Å². The van der Waals surface area contributed by atoms with Gasteiger partial charge < -0.3 is 75.8 Å². The summed E-state index contributed by atoms with van der Waals surface area (Å²) in [7, 11) is -21.3. The predicted molar refractivity (Wildman–Crippen MR) is 358 cm³/mol. The molecule has 2 aliphatic heterocycles. The molecule has 0 aromatic heterocycles. The van der Waals surface area contributed by atoms with Gasteiger partial charge in [0, 0.05) is 54.1 Å². The van der Waals surface area contributed by atoms with Crippen LogP contribution in [0.1, 0.15) is 67.2 Å². The second kappa shape index (κ2) is 52.8. The van der Waals surface area contributed by atoms with E-state index in [4.69, 9.17) is 64.9 Å². The molecule has 8 rings (SSSR count). The van der Waals surface area contributed by atoms with Crippen LogP contribution in [-0.2, 0) is 112 Å². The van der Waals surface area contributed by atoms with Crippen molar-refractivity contribution in [1.82, 2.24) is 0 Å². The Morgan fingerprint density at radius 3 is 0.520 bits per heavy atom. The van der Waals surface area contributed by atoms with Gasteiger partial charge in [0.2, 0.25) is 0 Å². The summed E-state index contributed by atoms with van der Waals surface area (Å²) in [5, 5.41) is 57.2. The first-order valence-corrected chi connectivity index (χ1v) is 32.0. The Morgan fingerprint density at radius 1 is 0.320 bits per heavy atom. The number of hydrogen-bond donors (Lipinski definition) is 0. The van der Waals surface area contributed by atoms with Crippen molar-refractivity contribution >= 4 is 83.9 Å². The van der Waals surface area contributed by atoms with E-state index >= 15 is 0 Å². The molecule has 0 spiro atoms. The number of benzene rings is 6. The number of nitrogens with zero attached hydrogens (tertiary/aromatic N) is 10. The quantitative estimate of drug-likeness (QED) is 0.0457. The predicted octanol–water partition coefficient (Wildman–Crippen LogP) is 28.8. The van der Waals surface area contributed by atoms with Crippen molar-refractivity contribution in [1.29, 1.82) is 21.0 Å². The van der Waals surface area contributed by atoms with Crippen LogP contribution in [0, 0.1) is 56.2 Å². The maximum atomic E-state index is 9.87. The molecule has 6 aromatic carbocycles. The van der Waals surface area contributed by atoms with Crippen molar-refractivity contribution in [2.45, 2.75) is 67.2 Å². The van der Waals surface area contributed by atoms with Gasteiger partial charge in [-0.3, -0.25) is 0 Å². The van der Waals surface area contributed by atoms with E-state index in [0.29, 0.717) is 108 Å². The molecule has 38 heteroatoms. The van der Waals surface area contributed by atoms with E-state index in [0.717, 1.165) is 26.4 Å². The van der Waals surface area contributed by atoms with E-state index in [1.807, 2.05) is 109 Å². The van der Waals surface area contributed by atoms with E-state index < -0.39 is 26.4 Å². The molecule has 2 fully saturated rings. The summed E-state index contributed by atoms with van der Waals surface area (Å²) in [6.45, 7) is 16.5. The van der Waals surface area contributed by atoms with Gasteiger partial charge >= 0.3 is 168 Å². The van der Waals surface area contributed by atoms with Gasteiger partial charge in [-0.05, 0) is 25.7 Å². The van der Waals surface area contributed by atoms with E-state index in [1.165, 1.54) is 53.4 Å². The first-order chi connectivity index (χ1) is 43.5. The van der Waals surface area contributed by atoms with Crippen LogP contribution in [0.4, 0.5) is 119 Å². The smallest absolute Gasteiger partial charge is 2.00 e. The number of hydrogen-bond acceptors (Lipinski definition) is 6. The molecule has 18 nitrogen and oxygen atoms in total. The van der Waals surface area contributed by atoms with Crippen molar-refractivity contribution in [2.75, 3.05) is 65.7 Å². The van der Waals surface area contributed by atoms with Gasteiger partial charge in [0.15, 0.2) is 0 Å². The third kappa shape index (κ3) is 67.7. The van der Waals surface area contributed by atoms with Crippen LogP contribution < -0.4 is 0 Å². The Hall–Kier alpha value is -6.06. The number of ether oxygens (including phenoxy) is 2.